The van der Waals surface area contributed by atoms with Crippen LogP contribution in [0, 0.1) is 0 Å². The van der Waals surface area contributed by atoms with Crippen LogP contribution in [0.5, 0.6) is 0 Å². The van der Waals surface area contributed by atoms with E-state index in [2.05, 4.69) is 17.6 Å². The molecule has 0 aromatic carbocycles. The first kappa shape index (κ1) is 16.9. The number of rotatable bonds is 7. The Labute approximate surface area is 133 Å². The van der Waals surface area contributed by atoms with E-state index >= 15 is 0 Å². The average Bonchev–Trinajstić information content (AvgIpc) is 3.30. The second kappa shape index (κ2) is 5.95. The van der Waals surface area contributed by atoms with Gasteiger partial charge in [-0.15, -0.1) is 0 Å². The maximum absolute atomic E-state index is 12.7. The van der Waals surface area contributed by atoms with E-state index in [0.29, 0.717) is 17.8 Å². The number of hydrogen-bond acceptors (Lipinski definition) is 4. The summed E-state index contributed by atoms with van der Waals surface area (Å²) in [7, 11) is 0. The topological polar surface area (TPSA) is 87.4 Å². The molecule has 0 saturated heterocycles. The Morgan fingerprint density at radius 3 is 2.14 bits per heavy atom. The lowest BCUT2D eigenvalue weighted by Gasteiger charge is -2.21. The molecule has 0 aliphatic heterocycles. The standard InChI is InChI=1S/C17H29N3O2/c1-11(2)13(12(3)14(18)19-16(4)5-6-16)15(22)20-17(7-8-17)9-10-21/h19,21H,5-10,18H2,1-4H3,(H,20,22)/b14-12-. The number of carbonyl (C=O) groups is 1. The van der Waals surface area contributed by atoms with Crippen molar-refractivity contribution in [2.24, 2.45) is 5.73 Å². The van der Waals surface area contributed by atoms with Gasteiger partial charge >= 0.3 is 0 Å². The number of hydrogen-bond donors (Lipinski definition) is 4. The van der Waals surface area contributed by atoms with Gasteiger partial charge in [-0.2, -0.15) is 0 Å². The van der Waals surface area contributed by atoms with Crippen LogP contribution in [0.15, 0.2) is 22.5 Å². The summed E-state index contributed by atoms with van der Waals surface area (Å²) >= 11 is 0. The van der Waals surface area contributed by atoms with E-state index in [1.54, 1.807) is 0 Å². The second-order valence-electron chi connectivity index (χ2n) is 7.31. The van der Waals surface area contributed by atoms with E-state index < -0.39 is 0 Å². The van der Waals surface area contributed by atoms with Crippen molar-refractivity contribution in [1.82, 2.24) is 10.6 Å². The van der Waals surface area contributed by atoms with Crippen LogP contribution in [0.3, 0.4) is 0 Å². The van der Waals surface area contributed by atoms with E-state index in [1.165, 1.54) is 0 Å². The van der Waals surface area contributed by atoms with Gasteiger partial charge in [0.15, 0.2) is 0 Å². The van der Waals surface area contributed by atoms with Crippen molar-refractivity contribution in [3.05, 3.63) is 22.5 Å². The van der Waals surface area contributed by atoms with Crippen LogP contribution < -0.4 is 16.4 Å². The maximum atomic E-state index is 12.7. The van der Waals surface area contributed by atoms with Crippen LogP contribution in [-0.4, -0.2) is 28.7 Å². The zero-order chi connectivity index (χ0) is 16.5. The highest BCUT2D eigenvalue weighted by molar-refractivity contribution is 5.99. The fourth-order valence-electron chi connectivity index (χ4n) is 2.74. The lowest BCUT2D eigenvalue weighted by Crippen LogP contribution is -2.40. The third-order valence-electron chi connectivity index (χ3n) is 4.77. The summed E-state index contributed by atoms with van der Waals surface area (Å²) < 4.78 is 0. The third kappa shape index (κ3) is 3.83. The Morgan fingerprint density at radius 1 is 1.14 bits per heavy atom. The van der Waals surface area contributed by atoms with E-state index in [-0.39, 0.29) is 23.6 Å². The molecule has 0 unspecified atom stereocenters. The fraction of sp³-hybridized carbons (Fsp3) is 0.706. The van der Waals surface area contributed by atoms with Gasteiger partial charge in [0.1, 0.15) is 5.82 Å². The minimum Gasteiger partial charge on any atom is -0.396 e. The summed E-state index contributed by atoms with van der Waals surface area (Å²) in [5, 5.41) is 15.5. The zero-order valence-corrected chi connectivity index (χ0v) is 14.2. The number of allylic oxidation sites excluding steroid dienone is 1. The van der Waals surface area contributed by atoms with Crippen LogP contribution in [0.1, 0.15) is 59.8 Å². The molecule has 0 bridgehead atoms. The average molecular weight is 307 g/mol. The molecule has 0 aromatic rings. The second-order valence-corrected chi connectivity index (χ2v) is 7.31. The molecule has 2 rings (SSSR count). The van der Waals surface area contributed by atoms with Crippen LogP contribution in [0.25, 0.3) is 0 Å². The minimum absolute atomic E-state index is 0.0865. The molecular weight excluding hydrogens is 278 g/mol. The molecular formula is C17H29N3O2. The molecule has 0 radical (unpaired) electrons. The van der Waals surface area contributed by atoms with E-state index in [1.807, 2.05) is 20.8 Å². The highest BCUT2D eigenvalue weighted by Gasteiger charge is 2.44. The van der Waals surface area contributed by atoms with Crippen molar-refractivity contribution in [2.45, 2.75) is 70.9 Å². The first-order chi connectivity index (χ1) is 10.2. The summed E-state index contributed by atoms with van der Waals surface area (Å²) in [6.07, 6.45) is 4.70. The molecule has 0 heterocycles. The van der Waals surface area contributed by atoms with Gasteiger partial charge in [-0.25, -0.2) is 0 Å². The Kier molecular flexibility index (Phi) is 4.57. The molecule has 5 nitrogen and oxygen atoms in total. The number of aliphatic hydroxyl groups is 1. The summed E-state index contributed by atoms with van der Waals surface area (Å²) in [5.41, 5.74) is 8.44. The minimum atomic E-state index is -0.211. The number of carbonyl (C=O) groups excluding carboxylic acids is 1. The Bertz CT molecular complexity index is 522. The summed E-state index contributed by atoms with van der Waals surface area (Å²) in [4.78, 5) is 12.7. The number of amides is 1. The van der Waals surface area contributed by atoms with Gasteiger partial charge in [-0.05, 0) is 59.8 Å². The molecule has 5 heteroatoms. The SMILES string of the molecule is CC(C)=C(C(=O)NC1(CCO)CC1)/C(C)=C(/N)NC1(C)CC1. The quantitative estimate of drug-likeness (QED) is 0.426. The Balaban J connectivity index is 2.14. The van der Waals surface area contributed by atoms with Crippen LogP contribution in [-0.2, 0) is 4.79 Å². The molecule has 124 valence electrons. The summed E-state index contributed by atoms with van der Waals surface area (Å²) in [5.74, 6) is 0.493. The van der Waals surface area contributed by atoms with Crippen molar-refractivity contribution in [1.29, 1.82) is 0 Å². The maximum Gasteiger partial charge on any atom is 0.252 e. The van der Waals surface area contributed by atoms with Gasteiger partial charge in [0, 0.05) is 28.8 Å². The number of aliphatic hydroxyl groups excluding tert-OH is 1. The highest BCUT2D eigenvalue weighted by Crippen LogP contribution is 2.39. The van der Waals surface area contributed by atoms with Crippen molar-refractivity contribution >= 4 is 5.91 Å². The largest absolute Gasteiger partial charge is 0.396 e. The van der Waals surface area contributed by atoms with Gasteiger partial charge in [0.2, 0.25) is 0 Å². The fourth-order valence-corrected chi connectivity index (χ4v) is 2.74. The van der Waals surface area contributed by atoms with Crippen molar-refractivity contribution < 1.29 is 9.90 Å². The van der Waals surface area contributed by atoms with Crippen molar-refractivity contribution in [3.8, 4) is 0 Å². The normalized spacial score (nSPS) is 21.5. The molecule has 2 aliphatic rings. The van der Waals surface area contributed by atoms with Crippen LogP contribution in [0.2, 0.25) is 0 Å². The molecule has 5 N–H and O–H groups in total. The van der Waals surface area contributed by atoms with Gasteiger partial charge < -0.3 is 21.5 Å². The zero-order valence-electron chi connectivity index (χ0n) is 14.2. The molecule has 0 atom stereocenters. The number of nitrogens with one attached hydrogen (secondary N) is 2. The van der Waals surface area contributed by atoms with Gasteiger partial charge in [-0.1, -0.05) is 5.57 Å². The van der Waals surface area contributed by atoms with Crippen LogP contribution in [0.4, 0.5) is 0 Å². The molecule has 2 fully saturated rings. The summed E-state index contributed by atoms with van der Waals surface area (Å²) in [6.45, 7) is 7.98. The lowest BCUT2D eigenvalue weighted by molar-refractivity contribution is -0.118. The Morgan fingerprint density at radius 2 is 1.73 bits per heavy atom. The molecule has 0 aromatic heterocycles. The van der Waals surface area contributed by atoms with Gasteiger partial charge in [0.05, 0.1) is 0 Å². The molecule has 1 amide bonds. The van der Waals surface area contributed by atoms with E-state index in [4.69, 9.17) is 10.8 Å². The van der Waals surface area contributed by atoms with Crippen molar-refractivity contribution in [2.75, 3.05) is 6.61 Å². The smallest absolute Gasteiger partial charge is 0.252 e. The predicted molar refractivity (Wildman–Crippen MR) is 87.8 cm³/mol. The lowest BCUT2D eigenvalue weighted by atomic mass is 10.0. The third-order valence-corrected chi connectivity index (χ3v) is 4.77. The molecule has 2 saturated carbocycles. The molecule has 0 spiro atoms. The highest BCUT2D eigenvalue weighted by atomic mass is 16.3. The Hall–Kier alpha value is -1.49. The van der Waals surface area contributed by atoms with E-state index in [0.717, 1.165) is 36.8 Å². The van der Waals surface area contributed by atoms with Crippen molar-refractivity contribution in [3.63, 3.8) is 0 Å². The van der Waals surface area contributed by atoms with Crippen LogP contribution >= 0.6 is 0 Å². The predicted octanol–water partition coefficient (Wildman–Crippen LogP) is 1.69. The monoisotopic (exact) mass is 307 g/mol. The molecule has 22 heavy (non-hydrogen) atoms. The molecule has 2 aliphatic carbocycles. The van der Waals surface area contributed by atoms with Gasteiger partial charge in [-0.3, -0.25) is 4.79 Å². The number of nitrogens with two attached hydrogens (primary N) is 1. The summed E-state index contributed by atoms with van der Waals surface area (Å²) in [6, 6.07) is 0. The first-order valence-corrected chi connectivity index (χ1v) is 8.08. The van der Waals surface area contributed by atoms with Gasteiger partial charge in [0.25, 0.3) is 5.91 Å². The first-order valence-electron chi connectivity index (χ1n) is 8.08. The van der Waals surface area contributed by atoms with E-state index in [9.17, 15) is 4.79 Å².